The number of piperidine rings is 1. The first-order chi connectivity index (χ1) is 19.0. The number of pyridine rings is 1. The molecule has 0 unspecified atom stereocenters. The molecule has 3 amide bonds. The molecule has 0 aliphatic carbocycles. The summed E-state index contributed by atoms with van der Waals surface area (Å²) >= 11 is 0. The van der Waals surface area contributed by atoms with Crippen LogP contribution in [0.2, 0.25) is 0 Å². The quantitative estimate of drug-likeness (QED) is 0.309. The summed E-state index contributed by atoms with van der Waals surface area (Å²) in [6, 6.07) is 4.87. The largest absolute Gasteiger partial charge is 1.00 e. The summed E-state index contributed by atoms with van der Waals surface area (Å²) in [6.45, 7) is -1.55. The third-order valence-corrected chi connectivity index (χ3v) is 7.55. The number of aromatic nitrogens is 3. The van der Waals surface area contributed by atoms with Crippen molar-refractivity contribution in [3.8, 4) is 0 Å². The van der Waals surface area contributed by atoms with Gasteiger partial charge in [-0.3, -0.25) is 14.3 Å². The van der Waals surface area contributed by atoms with Crippen molar-refractivity contribution >= 4 is 23.1 Å². The third kappa shape index (κ3) is 7.39. The zero-order valence-electron chi connectivity index (χ0n) is 22.8. The normalized spacial score (nSPS) is 20.1. The molecule has 2 atom stereocenters. The van der Waals surface area contributed by atoms with Crippen LogP contribution in [-0.4, -0.2) is 80.1 Å². The van der Waals surface area contributed by atoms with E-state index in [0.29, 0.717) is 28.9 Å². The molecular weight excluding hydrogens is 594 g/mol. The van der Waals surface area contributed by atoms with E-state index in [1.807, 2.05) is 0 Å². The molecule has 0 bridgehead atoms. The SMILES string of the molecule is O.O=C(N[C@@H]1CC[C@@H](c2cccc(F)c2F)CN(CC(F)(F)F)C1=O)N1CCC(n2c(=O)[nH]c3ncccc32)CC1.[K+]. The molecule has 42 heavy (non-hydrogen) atoms. The van der Waals surface area contributed by atoms with Gasteiger partial charge in [-0.2, -0.15) is 13.2 Å². The molecule has 2 saturated heterocycles. The van der Waals surface area contributed by atoms with Gasteiger partial charge >= 0.3 is 69.3 Å². The van der Waals surface area contributed by atoms with Crippen LogP contribution >= 0.6 is 0 Å². The summed E-state index contributed by atoms with van der Waals surface area (Å²) in [5.41, 5.74) is 0.680. The van der Waals surface area contributed by atoms with Crippen molar-refractivity contribution in [3.05, 3.63) is 64.2 Å². The van der Waals surface area contributed by atoms with Crippen molar-refractivity contribution in [2.45, 2.75) is 49.9 Å². The van der Waals surface area contributed by atoms with Gasteiger partial charge in [-0.05, 0) is 49.4 Å². The van der Waals surface area contributed by atoms with Crippen LogP contribution in [0.3, 0.4) is 0 Å². The molecule has 4 N–H and O–H groups in total. The minimum absolute atomic E-state index is 0. The number of amides is 3. The van der Waals surface area contributed by atoms with Gasteiger partial charge in [0, 0.05) is 37.8 Å². The van der Waals surface area contributed by atoms with Gasteiger partial charge in [0.05, 0.1) is 5.52 Å². The summed E-state index contributed by atoms with van der Waals surface area (Å²) in [5.74, 6) is -4.11. The molecule has 222 valence electrons. The molecule has 0 saturated carbocycles. The number of carbonyl (C=O) groups is 2. The number of rotatable bonds is 4. The van der Waals surface area contributed by atoms with Crippen molar-refractivity contribution in [2.75, 3.05) is 26.2 Å². The monoisotopic (exact) mass is 623 g/mol. The first kappa shape index (κ1) is 34.1. The van der Waals surface area contributed by atoms with Gasteiger partial charge in [0.2, 0.25) is 5.91 Å². The van der Waals surface area contributed by atoms with E-state index in [4.69, 9.17) is 0 Å². The van der Waals surface area contributed by atoms with Crippen molar-refractivity contribution in [3.63, 3.8) is 0 Å². The maximum Gasteiger partial charge on any atom is 1.00 e. The fraction of sp³-hybridized carbons (Fsp3) is 0.462. The molecule has 4 heterocycles. The Morgan fingerprint density at radius 2 is 1.76 bits per heavy atom. The van der Waals surface area contributed by atoms with E-state index < -0.39 is 54.8 Å². The van der Waals surface area contributed by atoms with E-state index in [0.717, 1.165) is 6.07 Å². The van der Waals surface area contributed by atoms with Crippen LogP contribution < -0.4 is 62.4 Å². The van der Waals surface area contributed by atoms with Crippen molar-refractivity contribution in [1.29, 1.82) is 0 Å². The number of benzene rings is 1. The van der Waals surface area contributed by atoms with E-state index >= 15 is 0 Å². The second-order valence-corrected chi connectivity index (χ2v) is 10.1. The standard InChI is InChI=1S/C26H27F5N6O3.K.H2O/c27-18-4-1-3-17(21(18)28)15-6-7-19(23(38)36(13-15)14-26(29,30)31)33-24(39)35-11-8-16(9-12-35)37-20-5-2-10-32-22(20)34-25(37)40;;/h1-5,10,15-16,19H,6-9,11-14H2,(H,33,39)(H,32,34,40);;1H2/q;+1;/t15-,19-;;/m1../s1. The Labute approximate surface area is 279 Å². The van der Waals surface area contributed by atoms with E-state index in [2.05, 4.69) is 15.3 Å². The number of nitrogens with one attached hydrogen (secondary N) is 2. The maximum atomic E-state index is 14.5. The average Bonchev–Trinajstić information content (AvgIpc) is 3.18. The van der Waals surface area contributed by atoms with Crippen LogP contribution in [0.1, 0.15) is 43.2 Å². The fourth-order valence-corrected chi connectivity index (χ4v) is 5.63. The second-order valence-electron chi connectivity index (χ2n) is 10.1. The number of imidazole rings is 1. The van der Waals surface area contributed by atoms with Crippen molar-refractivity contribution in [1.82, 2.24) is 29.7 Å². The van der Waals surface area contributed by atoms with Gasteiger partial charge < -0.3 is 20.6 Å². The average molecular weight is 624 g/mol. The molecule has 3 aromatic rings. The van der Waals surface area contributed by atoms with E-state index in [-0.39, 0.29) is 100 Å². The Hall–Kier alpha value is -2.37. The van der Waals surface area contributed by atoms with Crippen LogP contribution in [-0.2, 0) is 4.79 Å². The van der Waals surface area contributed by atoms with E-state index in [1.165, 1.54) is 17.0 Å². The number of H-pyrrole nitrogens is 1. The molecule has 2 aliphatic heterocycles. The number of fused-ring (bicyclic) bond motifs is 1. The number of hydrogen-bond acceptors (Lipinski definition) is 4. The molecular formula is C26H29F5KN6O4+. The van der Waals surface area contributed by atoms with Crippen molar-refractivity contribution < 1.29 is 88.4 Å². The number of halogens is 5. The van der Waals surface area contributed by atoms with Crippen LogP contribution in [0, 0.1) is 11.6 Å². The van der Waals surface area contributed by atoms with Gasteiger partial charge in [0.1, 0.15) is 12.6 Å². The predicted molar refractivity (Wildman–Crippen MR) is 137 cm³/mol. The van der Waals surface area contributed by atoms with Crippen LogP contribution in [0.4, 0.5) is 26.7 Å². The number of hydrogen-bond donors (Lipinski definition) is 2. The molecule has 0 spiro atoms. The minimum Gasteiger partial charge on any atom is -0.412 e. The second kappa shape index (κ2) is 13.9. The first-order valence-corrected chi connectivity index (χ1v) is 12.9. The molecule has 5 rings (SSSR count). The zero-order valence-corrected chi connectivity index (χ0v) is 25.9. The molecule has 2 fully saturated rings. The zero-order chi connectivity index (χ0) is 28.6. The van der Waals surface area contributed by atoms with E-state index in [9.17, 15) is 36.3 Å². The van der Waals surface area contributed by atoms with E-state index in [1.54, 1.807) is 22.9 Å². The minimum atomic E-state index is -4.72. The van der Waals surface area contributed by atoms with Gasteiger partial charge in [-0.15, -0.1) is 0 Å². The summed E-state index contributed by atoms with van der Waals surface area (Å²) in [5, 5.41) is 2.56. The van der Waals surface area contributed by atoms with Gasteiger partial charge in [0.25, 0.3) is 0 Å². The van der Waals surface area contributed by atoms with Crippen LogP contribution in [0.15, 0.2) is 41.3 Å². The Kier molecular flexibility index (Phi) is 11.3. The molecule has 2 aromatic heterocycles. The molecule has 16 heteroatoms. The Bertz CT molecular complexity index is 1470. The number of carbonyl (C=O) groups excluding carboxylic acids is 2. The van der Waals surface area contributed by atoms with Crippen LogP contribution in [0.5, 0.6) is 0 Å². The Morgan fingerprint density at radius 1 is 1.05 bits per heavy atom. The molecule has 1 aromatic carbocycles. The summed E-state index contributed by atoms with van der Waals surface area (Å²) < 4.78 is 69.9. The predicted octanol–water partition coefficient (Wildman–Crippen LogP) is -0.134. The van der Waals surface area contributed by atoms with Crippen LogP contribution in [0.25, 0.3) is 11.2 Å². The Morgan fingerprint density at radius 3 is 2.45 bits per heavy atom. The first-order valence-electron chi connectivity index (χ1n) is 12.9. The molecule has 0 radical (unpaired) electrons. The molecule has 2 aliphatic rings. The smallest absolute Gasteiger partial charge is 0.412 e. The third-order valence-electron chi connectivity index (χ3n) is 7.55. The summed E-state index contributed by atoms with van der Waals surface area (Å²) in [6.07, 6.45) is -2.27. The van der Waals surface area contributed by atoms with Crippen molar-refractivity contribution in [2.24, 2.45) is 0 Å². The topological polar surface area (TPSA) is 135 Å². The number of aromatic amines is 1. The molecule has 10 nitrogen and oxygen atoms in total. The Balaban J connectivity index is 0.00000242. The fourth-order valence-electron chi connectivity index (χ4n) is 5.63. The van der Waals surface area contributed by atoms with Gasteiger partial charge in [-0.1, -0.05) is 12.1 Å². The number of likely N-dealkylation sites (tertiary alicyclic amines) is 2. The van der Waals surface area contributed by atoms with Gasteiger partial charge in [-0.25, -0.2) is 23.4 Å². The summed E-state index contributed by atoms with van der Waals surface area (Å²) in [4.78, 5) is 47.5. The maximum absolute atomic E-state index is 14.5. The number of nitrogens with zero attached hydrogens (tertiary/aromatic N) is 4. The number of alkyl halides is 3. The summed E-state index contributed by atoms with van der Waals surface area (Å²) in [7, 11) is 0. The number of urea groups is 1. The van der Waals surface area contributed by atoms with Gasteiger partial charge in [0.15, 0.2) is 17.3 Å².